The fourth-order valence-corrected chi connectivity index (χ4v) is 3.86. The monoisotopic (exact) mass is 421 g/mol. The first-order chi connectivity index (χ1) is 13.5. The zero-order valence-corrected chi connectivity index (χ0v) is 15.7. The first-order valence-corrected chi connectivity index (χ1v) is 9.94. The summed E-state index contributed by atoms with van der Waals surface area (Å²) < 4.78 is 67.0. The Bertz CT molecular complexity index is 1280. The van der Waals surface area contributed by atoms with Gasteiger partial charge in [-0.05, 0) is 29.0 Å². The number of carbonyl (C=O) groups excluding carboxylic acids is 1. The van der Waals surface area contributed by atoms with Crippen molar-refractivity contribution in [1.82, 2.24) is 0 Å². The molecule has 0 aliphatic rings. The molecule has 0 atom stereocenters. The van der Waals surface area contributed by atoms with Gasteiger partial charge in [0, 0.05) is 29.5 Å². The van der Waals surface area contributed by atoms with Crippen LogP contribution >= 0.6 is 0 Å². The van der Waals surface area contributed by atoms with Crippen molar-refractivity contribution in [3.63, 3.8) is 0 Å². The Kier molecular flexibility index (Phi) is 5.05. The third-order valence-electron chi connectivity index (χ3n) is 4.12. The van der Waals surface area contributed by atoms with E-state index < -0.39 is 44.7 Å². The van der Waals surface area contributed by atoms with Gasteiger partial charge in [-0.2, -0.15) is 4.99 Å². The molecule has 0 bridgehead atoms. The Morgan fingerprint density at radius 1 is 0.931 bits per heavy atom. The molecule has 150 valence electrons. The van der Waals surface area contributed by atoms with Crippen molar-refractivity contribution in [1.29, 1.82) is 0 Å². The van der Waals surface area contributed by atoms with Gasteiger partial charge >= 0.3 is 0 Å². The van der Waals surface area contributed by atoms with Crippen LogP contribution in [0.15, 0.2) is 52.4 Å². The zero-order valence-electron chi connectivity index (χ0n) is 14.9. The first kappa shape index (κ1) is 20.3. The molecular weight excluding hydrogens is 407 g/mol. The van der Waals surface area contributed by atoms with E-state index in [-0.39, 0.29) is 21.4 Å². The van der Waals surface area contributed by atoms with Gasteiger partial charge in [0.1, 0.15) is 17.5 Å². The lowest BCUT2D eigenvalue weighted by Gasteiger charge is -2.15. The number of hydrogen-bond donors (Lipinski definition) is 2. The van der Waals surface area contributed by atoms with E-state index in [4.69, 9.17) is 11.5 Å². The van der Waals surface area contributed by atoms with E-state index in [0.717, 1.165) is 6.26 Å². The Morgan fingerprint density at radius 2 is 1.52 bits per heavy atom. The minimum Gasteiger partial charge on any atom is -0.370 e. The lowest BCUT2D eigenvalue weighted by Crippen LogP contribution is -2.24. The lowest BCUT2D eigenvalue weighted by atomic mass is 9.95. The predicted octanol–water partition coefficient (Wildman–Crippen LogP) is 2.74. The zero-order chi connectivity index (χ0) is 21.5. The molecule has 0 fully saturated rings. The molecule has 3 aromatic carbocycles. The Balaban J connectivity index is 2.48. The molecule has 0 aliphatic heterocycles. The molecule has 0 aliphatic carbocycles. The highest BCUT2D eigenvalue weighted by molar-refractivity contribution is 7.90. The first-order valence-electron chi connectivity index (χ1n) is 8.04. The molecule has 0 radical (unpaired) electrons. The molecular formula is C19H14F3N3O3S. The summed E-state index contributed by atoms with van der Waals surface area (Å²) in [4.78, 5) is 15.1. The Labute approximate surface area is 163 Å². The van der Waals surface area contributed by atoms with Crippen LogP contribution in [0.2, 0.25) is 0 Å². The van der Waals surface area contributed by atoms with Crippen LogP contribution in [0, 0.1) is 17.5 Å². The van der Waals surface area contributed by atoms with Gasteiger partial charge in [0.05, 0.1) is 10.5 Å². The average Bonchev–Trinajstić information content (AvgIpc) is 2.58. The van der Waals surface area contributed by atoms with Crippen molar-refractivity contribution < 1.29 is 26.4 Å². The Hall–Kier alpha value is -3.40. The maximum absolute atomic E-state index is 14.5. The fraction of sp³-hybridized carbons (Fsp3) is 0.0526. The van der Waals surface area contributed by atoms with Gasteiger partial charge in [0.25, 0.3) is 5.91 Å². The number of nitrogens with zero attached hydrogens (tertiary/aromatic N) is 1. The average molecular weight is 421 g/mol. The predicted molar refractivity (Wildman–Crippen MR) is 103 cm³/mol. The molecule has 0 unspecified atom stereocenters. The number of carbonyl (C=O) groups is 1. The molecule has 1 amide bonds. The molecule has 0 spiro atoms. The largest absolute Gasteiger partial charge is 0.370 e. The molecule has 0 aromatic heterocycles. The molecule has 4 N–H and O–H groups in total. The van der Waals surface area contributed by atoms with Gasteiger partial charge in [-0.3, -0.25) is 4.79 Å². The number of hydrogen-bond acceptors (Lipinski definition) is 3. The third kappa shape index (κ3) is 3.92. The third-order valence-corrected chi connectivity index (χ3v) is 5.26. The van der Waals surface area contributed by atoms with Crippen LogP contribution in [0.5, 0.6) is 0 Å². The maximum atomic E-state index is 14.5. The number of sulfone groups is 1. The van der Waals surface area contributed by atoms with Crippen LogP contribution in [-0.2, 0) is 9.84 Å². The molecule has 6 nitrogen and oxygen atoms in total. The van der Waals surface area contributed by atoms with Crippen LogP contribution in [0.1, 0.15) is 10.4 Å². The highest BCUT2D eigenvalue weighted by Gasteiger charge is 2.24. The summed E-state index contributed by atoms with van der Waals surface area (Å²) in [5.74, 6) is -5.06. The van der Waals surface area contributed by atoms with Gasteiger partial charge in [0.15, 0.2) is 15.8 Å². The topological polar surface area (TPSA) is 116 Å². The smallest absolute Gasteiger partial charge is 0.280 e. The molecule has 29 heavy (non-hydrogen) atoms. The standard InChI is InChI=1S/C19H14F3N3O3S/c1-29(27,28)15-5-4-9-2-3-10(18(26)25-19(23)24)6-12(9)16(15)17-13(21)7-11(20)8-14(17)22/h2-8H,1H3,(H4,23,24,25,26). The summed E-state index contributed by atoms with van der Waals surface area (Å²) in [6, 6.07) is 7.53. The van der Waals surface area contributed by atoms with Crippen LogP contribution in [0.4, 0.5) is 13.2 Å². The SMILES string of the molecule is CS(=O)(=O)c1ccc2ccc(C(=O)N=C(N)N)cc2c1-c1c(F)cc(F)cc1F. The second-order valence-electron chi connectivity index (χ2n) is 6.23. The second-order valence-corrected chi connectivity index (χ2v) is 8.22. The number of nitrogens with two attached hydrogens (primary N) is 2. The van der Waals surface area contributed by atoms with Crippen LogP contribution in [0.25, 0.3) is 21.9 Å². The maximum Gasteiger partial charge on any atom is 0.280 e. The highest BCUT2D eigenvalue weighted by Crippen LogP contribution is 2.38. The molecule has 0 heterocycles. The number of halogens is 3. The van der Waals surface area contributed by atoms with E-state index in [2.05, 4.69) is 4.99 Å². The van der Waals surface area contributed by atoms with Crippen molar-refractivity contribution in [2.75, 3.05) is 6.26 Å². The van der Waals surface area contributed by atoms with Crippen molar-refractivity contribution in [2.24, 2.45) is 16.5 Å². The van der Waals surface area contributed by atoms with Crippen LogP contribution < -0.4 is 11.5 Å². The van der Waals surface area contributed by atoms with E-state index in [0.29, 0.717) is 17.5 Å². The van der Waals surface area contributed by atoms with Gasteiger partial charge in [-0.15, -0.1) is 0 Å². The minimum absolute atomic E-state index is 0.0410. The van der Waals surface area contributed by atoms with Gasteiger partial charge in [-0.25, -0.2) is 21.6 Å². The van der Waals surface area contributed by atoms with Crippen molar-refractivity contribution in [3.8, 4) is 11.1 Å². The van der Waals surface area contributed by atoms with Gasteiger partial charge in [-0.1, -0.05) is 12.1 Å². The normalized spacial score (nSPS) is 11.4. The number of aliphatic imine (C=N–C) groups is 1. The van der Waals surface area contributed by atoms with E-state index in [1.807, 2.05) is 0 Å². The number of benzene rings is 3. The highest BCUT2D eigenvalue weighted by atomic mass is 32.2. The summed E-state index contributed by atoms with van der Waals surface area (Å²) in [5, 5.41) is 0.436. The lowest BCUT2D eigenvalue weighted by molar-refractivity contribution is 0.100. The second kappa shape index (κ2) is 7.21. The minimum atomic E-state index is -3.95. The molecule has 3 aromatic rings. The van der Waals surface area contributed by atoms with E-state index in [1.165, 1.54) is 30.3 Å². The van der Waals surface area contributed by atoms with Crippen molar-refractivity contribution in [3.05, 3.63) is 65.5 Å². The molecule has 3 rings (SSSR count). The fourth-order valence-electron chi connectivity index (χ4n) is 2.96. The quantitative estimate of drug-likeness (QED) is 0.498. The number of fused-ring (bicyclic) bond motifs is 1. The van der Waals surface area contributed by atoms with Crippen LogP contribution in [0.3, 0.4) is 0 Å². The summed E-state index contributed by atoms with van der Waals surface area (Å²) in [7, 11) is -3.95. The van der Waals surface area contributed by atoms with Crippen molar-refractivity contribution >= 4 is 32.5 Å². The summed E-state index contributed by atoms with van der Waals surface area (Å²) >= 11 is 0. The van der Waals surface area contributed by atoms with Gasteiger partial charge in [0.2, 0.25) is 0 Å². The van der Waals surface area contributed by atoms with E-state index >= 15 is 0 Å². The molecule has 0 saturated heterocycles. The summed E-state index contributed by atoms with van der Waals surface area (Å²) in [5.41, 5.74) is 9.28. The summed E-state index contributed by atoms with van der Waals surface area (Å²) in [6.45, 7) is 0. The molecule has 0 saturated carbocycles. The number of guanidine groups is 1. The van der Waals surface area contributed by atoms with E-state index in [1.54, 1.807) is 0 Å². The van der Waals surface area contributed by atoms with E-state index in [9.17, 15) is 26.4 Å². The number of amides is 1. The number of rotatable bonds is 3. The summed E-state index contributed by atoms with van der Waals surface area (Å²) in [6.07, 6.45) is 0.866. The van der Waals surface area contributed by atoms with Crippen LogP contribution in [-0.4, -0.2) is 26.5 Å². The van der Waals surface area contributed by atoms with Crippen molar-refractivity contribution in [2.45, 2.75) is 4.90 Å². The molecule has 10 heteroatoms. The van der Waals surface area contributed by atoms with Gasteiger partial charge < -0.3 is 11.5 Å². The Morgan fingerprint density at radius 3 is 2.07 bits per heavy atom.